The van der Waals surface area contributed by atoms with E-state index >= 15 is 0 Å². The smallest absolute Gasteiger partial charge is 0.224 e. The minimum atomic E-state index is 0.578. The molecule has 6 heteroatoms. The summed E-state index contributed by atoms with van der Waals surface area (Å²) in [6.07, 6.45) is 2.58. The zero-order valence-electron chi connectivity index (χ0n) is 15.8. The topological polar surface area (TPSA) is 68.3 Å². The van der Waals surface area contributed by atoms with Crippen molar-refractivity contribution in [2.45, 2.75) is 13.3 Å². The molecule has 0 bridgehead atoms. The van der Waals surface area contributed by atoms with E-state index in [1.54, 1.807) is 20.4 Å². The summed E-state index contributed by atoms with van der Waals surface area (Å²) in [6.45, 7) is 2.76. The molecule has 2 N–H and O–H groups in total. The predicted molar refractivity (Wildman–Crippen MR) is 108 cm³/mol. The van der Waals surface area contributed by atoms with Crippen LogP contribution in [0.5, 0.6) is 11.5 Å². The summed E-state index contributed by atoms with van der Waals surface area (Å²) in [5.74, 6) is 2.92. The minimum Gasteiger partial charge on any atom is -0.497 e. The maximum Gasteiger partial charge on any atom is 0.224 e. The first-order chi connectivity index (χ1) is 13.2. The Hall–Kier alpha value is -3.28. The molecule has 0 amide bonds. The summed E-state index contributed by atoms with van der Waals surface area (Å²) < 4.78 is 10.7. The Balaban J connectivity index is 1.63. The summed E-state index contributed by atoms with van der Waals surface area (Å²) in [6, 6.07) is 15.8. The maximum absolute atomic E-state index is 5.40. The van der Waals surface area contributed by atoms with Gasteiger partial charge in [0.1, 0.15) is 17.3 Å². The standard InChI is InChI=1S/C21H24N4O2/c1-15-7-8-19(27-3)18(13-15)24-20-10-12-23-21(25-20)22-11-9-16-5-4-6-17(14-16)26-2/h4-8,10,12-14H,9,11H2,1-3H3,(H2,22,23,24,25). The third kappa shape index (κ3) is 5.10. The van der Waals surface area contributed by atoms with Crippen LogP contribution in [0.4, 0.5) is 17.5 Å². The zero-order chi connectivity index (χ0) is 19.1. The highest BCUT2D eigenvalue weighted by Crippen LogP contribution is 2.28. The van der Waals surface area contributed by atoms with Gasteiger partial charge in [0, 0.05) is 12.7 Å². The lowest BCUT2D eigenvalue weighted by atomic mass is 10.1. The second-order valence-electron chi connectivity index (χ2n) is 6.12. The largest absolute Gasteiger partial charge is 0.497 e. The van der Waals surface area contributed by atoms with Crippen molar-refractivity contribution in [3.8, 4) is 11.5 Å². The molecule has 6 nitrogen and oxygen atoms in total. The lowest BCUT2D eigenvalue weighted by Gasteiger charge is -2.12. The van der Waals surface area contributed by atoms with Crippen molar-refractivity contribution in [3.63, 3.8) is 0 Å². The Morgan fingerprint density at radius 3 is 2.70 bits per heavy atom. The number of nitrogens with one attached hydrogen (secondary N) is 2. The molecule has 0 radical (unpaired) electrons. The molecule has 0 unspecified atom stereocenters. The number of benzene rings is 2. The van der Waals surface area contributed by atoms with E-state index < -0.39 is 0 Å². The van der Waals surface area contributed by atoms with Crippen LogP contribution in [-0.2, 0) is 6.42 Å². The Labute approximate surface area is 159 Å². The molecule has 0 aliphatic rings. The van der Waals surface area contributed by atoms with Crippen molar-refractivity contribution in [2.75, 3.05) is 31.4 Å². The fourth-order valence-corrected chi connectivity index (χ4v) is 2.72. The van der Waals surface area contributed by atoms with Crippen LogP contribution in [0.2, 0.25) is 0 Å². The molecule has 3 aromatic rings. The van der Waals surface area contributed by atoms with Crippen molar-refractivity contribution < 1.29 is 9.47 Å². The van der Waals surface area contributed by atoms with Gasteiger partial charge in [-0.15, -0.1) is 0 Å². The van der Waals surface area contributed by atoms with Gasteiger partial charge >= 0.3 is 0 Å². The summed E-state index contributed by atoms with van der Waals surface area (Å²) in [5, 5.41) is 6.56. The summed E-state index contributed by atoms with van der Waals surface area (Å²) >= 11 is 0. The molecule has 1 heterocycles. The normalized spacial score (nSPS) is 10.3. The number of methoxy groups -OCH3 is 2. The maximum atomic E-state index is 5.40. The Morgan fingerprint density at radius 2 is 1.89 bits per heavy atom. The summed E-state index contributed by atoms with van der Waals surface area (Å²) in [5.41, 5.74) is 3.21. The zero-order valence-corrected chi connectivity index (χ0v) is 15.8. The van der Waals surface area contributed by atoms with Gasteiger partial charge in [0.05, 0.1) is 19.9 Å². The van der Waals surface area contributed by atoms with Gasteiger partial charge in [-0.3, -0.25) is 0 Å². The molecule has 0 atom stereocenters. The van der Waals surface area contributed by atoms with Gasteiger partial charge in [-0.2, -0.15) is 4.98 Å². The number of aryl methyl sites for hydroxylation is 1. The van der Waals surface area contributed by atoms with E-state index in [1.165, 1.54) is 5.56 Å². The molecule has 0 fully saturated rings. The summed E-state index contributed by atoms with van der Waals surface area (Å²) in [7, 11) is 3.33. The molecular weight excluding hydrogens is 340 g/mol. The van der Waals surface area contributed by atoms with E-state index in [0.29, 0.717) is 11.8 Å². The number of aromatic nitrogens is 2. The van der Waals surface area contributed by atoms with Crippen molar-refractivity contribution in [1.82, 2.24) is 9.97 Å². The second-order valence-corrected chi connectivity index (χ2v) is 6.12. The van der Waals surface area contributed by atoms with Gasteiger partial charge in [-0.05, 0) is 54.8 Å². The van der Waals surface area contributed by atoms with Crippen LogP contribution in [0.1, 0.15) is 11.1 Å². The fraction of sp³-hybridized carbons (Fsp3) is 0.238. The van der Waals surface area contributed by atoms with Gasteiger partial charge in [0.25, 0.3) is 0 Å². The van der Waals surface area contributed by atoms with Gasteiger partial charge < -0.3 is 20.1 Å². The average molecular weight is 364 g/mol. The first kappa shape index (κ1) is 18.5. The third-order valence-corrected chi connectivity index (χ3v) is 4.10. The highest BCUT2D eigenvalue weighted by Gasteiger charge is 2.06. The van der Waals surface area contributed by atoms with Crippen LogP contribution in [0.3, 0.4) is 0 Å². The number of anilines is 3. The Morgan fingerprint density at radius 1 is 1.00 bits per heavy atom. The molecule has 27 heavy (non-hydrogen) atoms. The molecule has 0 saturated heterocycles. The van der Waals surface area contributed by atoms with E-state index in [-0.39, 0.29) is 0 Å². The van der Waals surface area contributed by atoms with Crippen LogP contribution in [-0.4, -0.2) is 30.7 Å². The monoisotopic (exact) mass is 364 g/mol. The van der Waals surface area contributed by atoms with E-state index in [1.807, 2.05) is 49.4 Å². The SMILES string of the molecule is COc1cccc(CCNc2nccc(Nc3cc(C)ccc3OC)n2)c1. The van der Waals surface area contributed by atoms with E-state index in [4.69, 9.17) is 9.47 Å². The molecule has 0 aliphatic heterocycles. The highest BCUT2D eigenvalue weighted by atomic mass is 16.5. The van der Waals surface area contributed by atoms with Crippen LogP contribution >= 0.6 is 0 Å². The van der Waals surface area contributed by atoms with Crippen molar-refractivity contribution in [1.29, 1.82) is 0 Å². The molecule has 2 aromatic carbocycles. The van der Waals surface area contributed by atoms with E-state index in [0.717, 1.165) is 35.7 Å². The number of ether oxygens (including phenoxy) is 2. The quantitative estimate of drug-likeness (QED) is 0.624. The lowest BCUT2D eigenvalue weighted by molar-refractivity contribution is 0.414. The number of rotatable bonds is 8. The third-order valence-electron chi connectivity index (χ3n) is 4.10. The van der Waals surface area contributed by atoms with Gasteiger partial charge in [-0.25, -0.2) is 4.98 Å². The molecule has 3 rings (SSSR count). The van der Waals surface area contributed by atoms with Crippen molar-refractivity contribution in [2.24, 2.45) is 0 Å². The van der Waals surface area contributed by atoms with Crippen molar-refractivity contribution >= 4 is 17.5 Å². The van der Waals surface area contributed by atoms with Gasteiger partial charge in [0.15, 0.2) is 0 Å². The van der Waals surface area contributed by atoms with Gasteiger partial charge in [0.2, 0.25) is 5.95 Å². The predicted octanol–water partition coefficient (Wildman–Crippen LogP) is 4.20. The highest BCUT2D eigenvalue weighted by molar-refractivity contribution is 5.65. The van der Waals surface area contributed by atoms with Crippen LogP contribution < -0.4 is 20.1 Å². The molecule has 140 valence electrons. The Kier molecular flexibility index (Phi) is 6.10. The minimum absolute atomic E-state index is 0.578. The number of nitrogens with zero attached hydrogens (tertiary/aromatic N) is 2. The lowest BCUT2D eigenvalue weighted by Crippen LogP contribution is -2.09. The first-order valence-electron chi connectivity index (χ1n) is 8.79. The van der Waals surface area contributed by atoms with Crippen LogP contribution in [0, 0.1) is 6.92 Å². The van der Waals surface area contributed by atoms with E-state index in [2.05, 4.69) is 26.7 Å². The Bertz CT molecular complexity index is 899. The second kappa shape index (κ2) is 8.89. The average Bonchev–Trinajstić information content (AvgIpc) is 2.69. The van der Waals surface area contributed by atoms with E-state index in [9.17, 15) is 0 Å². The molecule has 0 spiro atoms. The fourth-order valence-electron chi connectivity index (χ4n) is 2.72. The molecule has 0 aliphatic carbocycles. The molecule has 0 saturated carbocycles. The first-order valence-corrected chi connectivity index (χ1v) is 8.79. The molecule has 1 aromatic heterocycles. The number of hydrogen-bond acceptors (Lipinski definition) is 6. The number of hydrogen-bond donors (Lipinski definition) is 2. The van der Waals surface area contributed by atoms with Crippen LogP contribution in [0.25, 0.3) is 0 Å². The van der Waals surface area contributed by atoms with Gasteiger partial charge in [-0.1, -0.05) is 18.2 Å². The van der Waals surface area contributed by atoms with Crippen LogP contribution in [0.15, 0.2) is 54.7 Å². The van der Waals surface area contributed by atoms with Crippen molar-refractivity contribution in [3.05, 3.63) is 65.9 Å². The molecular formula is C21H24N4O2. The summed E-state index contributed by atoms with van der Waals surface area (Å²) in [4.78, 5) is 8.81.